The first-order chi connectivity index (χ1) is 8.11. The molecule has 2 atom stereocenters. The van der Waals surface area contributed by atoms with Crippen LogP contribution < -0.4 is 22.1 Å². The van der Waals surface area contributed by atoms with Crippen LogP contribution in [0.4, 0.5) is 4.79 Å². The van der Waals surface area contributed by atoms with Crippen LogP contribution in [-0.4, -0.2) is 34.2 Å². The third-order valence-corrected chi connectivity index (χ3v) is 2.85. The molecule has 0 spiro atoms. The van der Waals surface area contributed by atoms with Gasteiger partial charge in [0.25, 0.3) is 5.91 Å². The SMILES string of the molecule is CCC(O)(NC(=O)[C@@](C)(CC)NC(N)=O)C(N)=O. The van der Waals surface area contributed by atoms with Crippen LogP contribution in [0.1, 0.15) is 33.6 Å². The van der Waals surface area contributed by atoms with Gasteiger partial charge < -0.3 is 27.2 Å². The summed E-state index contributed by atoms with van der Waals surface area (Å²) in [6.45, 7) is 4.55. The van der Waals surface area contributed by atoms with Crippen molar-refractivity contribution in [2.75, 3.05) is 0 Å². The van der Waals surface area contributed by atoms with Gasteiger partial charge in [0, 0.05) is 6.42 Å². The summed E-state index contributed by atoms with van der Waals surface area (Å²) in [6, 6.07) is -0.881. The van der Waals surface area contributed by atoms with E-state index < -0.39 is 29.1 Å². The molecule has 0 aromatic rings. The van der Waals surface area contributed by atoms with Gasteiger partial charge >= 0.3 is 6.03 Å². The zero-order chi connectivity index (χ0) is 14.6. The number of hydrogen-bond acceptors (Lipinski definition) is 4. The maximum absolute atomic E-state index is 12.0. The molecule has 0 fully saturated rings. The molecule has 0 aliphatic carbocycles. The number of urea groups is 1. The highest BCUT2D eigenvalue weighted by molar-refractivity contribution is 5.94. The van der Waals surface area contributed by atoms with E-state index in [1.54, 1.807) is 6.92 Å². The fourth-order valence-corrected chi connectivity index (χ4v) is 1.23. The van der Waals surface area contributed by atoms with Crippen LogP contribution in [0.25, 0.3) is 0 Å². The molecule has 104 valence electrons. The Morgan fingerprint density at radius 2 is 1.61 bits per heavy atom. The molecule has 7 N–H and O–H groups in total. The van der Waals surface area contributed by atoms with Crippen LogP contribution in [0.5, 0.6) is 0 Å². The molecule has 18 heavy (non-hydrogen) atoms. The van der Waals surface area contributed by atoms with Crippen molar-refractivity contribution >= 4 is 17.8 Å². The Morgan fingerprint density at radius 3 is 1.89 bits per heavy atom. The Hall–Kier alpha value is -1.83. The minimum atomic E-state index is -2.15. The quantitative estimate of drug-likeness (QED) is 0.370. The van der Waals surface area contributed by atoms with Crippen LogP contribution in [0, 0.1) is 0 Å². The van der Waals surface area contributed by atoms with Crippen molar-refractivity contribution in [1.82, 2.24) is 10.6 Å². The molecule has 0 rings (SSSR count). The highest BCUT2D eigenvalue weighted by atomic mass is 16.3. The lowest BCUT2D eigenvalue weighted by Gasteiger charge is -2.32. The molecule has 0 aliphatic heterocycles. The van der Waals surface area contributed by atoms with Crippen molar-refractivity contribution in [3.8, 4) is 0 Å². The van der Waals surface area contributed by atoms with Crippen molar-refractivity contribution in [2.24, 2.45) is 11.5 Å². The number of nitrogens with two attached hydrogens (primary N) is 2. The fourth-order valence-electron chi connectivity index (χ4n) is 1.23. The molecule has 0 aromatic heterocycles. The van der Waals surface area contributed by atoms with Crippen molar-refractivity contribution in [3.63, 3.8) is 0 Å². The van der Waals surface area contributed by atoms with Gasteiger partial charge in [-0.1, -0.05) is 13.8 Å². The molecule has 0 saturated heterocycles. The number of hydrogen-bond donors (Lipinski definition) is 5. The van der Waals surface area contributed by atoms with Crippen LogP contribution >= 0.6 is 0 Å². The first kappa shape index (κ1) is 16.2. The third-order valence-electron chi connectivity index (χ3n) is 2.85. The van der Waals surface area contributed by atoms with Gasteiger partial charge in [-0.3, -0.25) is 9.59 Å². The average molecular weight is 260 g/mol. The average Bonchev–Trinajstić information content (AvgIpc) is 2.27. The van der Waals surface area contributed by atoms with Crippen LogP contribution in [0.3, 0.4) is 0 Å². The maximum Gasteiger partial charge on any atom is 0.313 e. The van der Waals surface area contributed by atoms with Crippen LogP contribution in [0.15, 0.2) is 0 Å². The van der Waals surface area contributed by atoms with Gasteiger partial charge in [-0.05, 0) is 13.3 Å². The summed E-state index contributed by atoms with van der Waals surface area (Å²) in [5.41, 5.74) is 6.49. The molecule has 0 aliphatic rings. The first-order valence-corrected chi connectivity index (χ1v) is 5.53. The number of aliphatic hydroxyl groups is 1. The lowest BCUT2D eigenvalue weighted by atomic mass is 9.96. The van der Waals surface area contributed by atoms with E-state index in [4.69, 9.17) is 11.5 Å². The van der Waals surface area contributed by atoms with Crippen molar-refractivity contribution < 1.29 is 19.5 Å². The number of carbonyl (C=O) groups is 3. The summed E-state index contributed by atoms with van der Waals surface area (Å²) in [5, 5.41) is 14.2. The Kier molecular flexibility index (Phi) is 5.10. The molecule has 0 bridgehead atoms. The largest absolute Gasteiger partial charge is 0.365 e. The molecule has 0 radical (unpaired) electrons. The van der Waals surface area contributed by atoms with Crippen LogP contribution in [-0.2, 0) is 9.59 Å². The fraction of sp³-hybridized carbons (Fsp3) is 0.700. The van der Waals surface area contributed by atoms with Gasteiger partial charge in [-0.2, -0.15) is 0 Å². The van der Waals surface area contributed by atoms with Crippen LogP contribution in [0.2, 0.25) is 0 Å². The number of rotatable bonds is 6. The van der Waals surface area contributed by atoms with E-state index in [0.717, 1.165) is 0 Å². The summed E-state index contributed by atoms with van der Waals surface area (Å²) in [4.78, 5) is 33.9. The van der Waals surface area contributed by atoms with E-state index in [1.165, 1.54) is 13.8 Å². The molecule has 8 heteroatoms. The Bertz CT molecular complexity index is 360. The maximum atomic E-state index is 12.0. The zero-order valence-corrected chi connectivity index (χ0v) is 10.7. The molecular weight excluding hydrogens is 240 g/mol. The first-order valence-electron chi connectivity index (χ1n) is 5.53. The second-order valence-corrected chi connectivity index (χ2v) is 4.21. The minimum Gasteiger partial charge on any atom is -0.365 e. The van der Waals surface area contributed by atoms with Crippen molar-refractivity contribution in [3.05, 3.63) is 0 Å². The van der Waals surface area contributed by atoms with Gasteiger partial charge in [-0.25, -0.2) is 4.79 Å². The van der Waals surface area contributed by atoms with E-state index >= 15 is 0 Å². The lowest BCUT2D eigenvalue weighted by Crippen LogP contribution is -2.65. The predicted molar refractivity (Wildman–Crippen MR) is 64.0 cm³/mol. The standard InChI is InChI=1S/C10H20N4O4/c1-4-9(3,14-8(12)17)7(16)13-10(18,5-2)6(11)15/h18H,4-5H2,1-3H3,(H2,11,15)(H,13,16)(H3,12,14,17)/t9-,10?/m1/s1. The summed E-state index contributed by atoms with van der Waals surface area (Å²) in [6.07, 6.45) is 0.130. The molecule has 1 unspecified atom stereocenters. The van der Waals surface area contributed by atoms with E-state index in [-0.39, 0.29) is 12.8 Å². The molecule has 4 amide bonds. The number of primary amides is 2. The monoisotopic (exact) mass is 260 g/mol. The number of carbonyl (C=O) groups excluding carboxylic acids is 3. The second kappa shape index (κ2) is 5.67. The summed E-state index contributed by atoms with van der Waals surface area (Å²) in [5.74, 6) is -1.82. The number of nitrogens with one attached hydrogen (secondary N) is 2. The molecule has 0 heterocycles. The molecule has 0 saturated carbocycles. The third kappa shape index (κ3) is 3.59. The Labute approximate surface area is 105 Å². The van der Waals surface area contributed by atoms with E-state index in [0.29, 0.717) is 0 Å². The second-order valence-electron chi connectivity index (χ2n) is 4.21. The summed E-state index contributed by atoms with van der Waals surface area (Å²) in [7, 11) is 0. The smallest absolute Gasteiger partial charge is 0.313 e. The highest BCUT2D eigenvalue weighted by Crippen LogP contribution is 2.13. The van der Waals surface area contributed by atoms with Gasteiger partial charge in [0.2, 0.25) is 11.6 Å². The van der Waals surface area contributed by atoms with Gasteiger partial charge in [0.15, 0.2) is 0 Å². The van der Waals surface area contributed by atoms with E-state index in [1.807, 2.05) is 0 Å². The highest BCUT2D eigenvalue weighted by Gasteiger charge is 2.40. The normalized spacial score (nSPS) is 17.1. The molecular formula is C10H20N4O4. The predicted octanol–water partition coefficient (Wildman–Crippen LogP) is -1.48. The lowest BCUT2D eigenvalue weighted by molar-refractivity contribution is -0.149. The van der Waals surface area contributed by atoms with Gasteiger partial charge in [-0.15, -0.1) is 0 Å². The summed E-state index contributed by atoms with van der Waals surface area (Å²) < 4.78 is 0. The van der Waals surface area contributed by atoms with Crippen molar-refractivity contribution in [2.45, 2.75) is 44.9 Å². The van der Waals surface area contributed by atoms with Gasteiger partial charge in [0.05, 0.1) is 0 Å². The Balaban J connectivity index is 5.03. The van der Waals surface area contributed by atoms with Gasteiger partial charge in [0.1, 0.15) is 5.54 Å². The molecule has 0 aromatic carbocycles. The topological polar surface area (TPSA) is 148 Å². The van der Waals surface area contributed by atoms with E-state index in [9.17, 15) is 19.5 Å². The minimum absolute atomic E-state index is 0.0928. The van der Waals surface area contributed by atoms with Crippen molar-refractivity contribution in [1.29, 1.82) is 0 Å². The Morgan fingerprint density at radius 1 is 1.11 bits per heavy atom. The van der Waals surface area contributed by atoms with E-state index in [2.05, 4.69) is 10.6 Å². The summed E-state index contributed by atoms with van der Waals surface area (Å²) >= 11 is 0. The molecule has 8 nitrogen and oxygen atoms in total. The number of amides is 4. The zero-order valence-electron chi connectivity index (χ0n) is 10.7.